The molecule has 1 saturated heterocycles. The molecule has 2 heterocycles. The zero-order chi connectivity index (χ0) is 22.5. The number of ether oxygens (including phenoxy) is 1. The number of hydrogen-bond acceptors (Lipinski definition) is 6. The summed E-state index contributed by atoms with van der Waals surface area (Å²) >= 11 is 0. The lowest BCUT2D eigenvalue weighted by Crippen LogP contribution is -2.48. The van der Waals surface area contributed by atoms with E-state index < -0.39 is 0 Å². The van der Waals surface area contributed by atoms with Crippen LogP contribution in [0.15, 0.2) is 59.1 Å². The van der Waals surface area contributed by atoms with Crippen molar-refractivity contribution in [1.82, 2.24) is 20.3 Å². The predicted octanol–water partition coefficient (Wildman–Crippen LogP) is 3.38. The maximum atomic E-state index is 12.8. The third-order valence-electron chi connectivity index (χ3n) is 6.01. The molecule has 1 fully saturated rings. The standard InChI is InChI=1S/C25H30N4O3/c1-18-4-6-19(7-5-18)23(29-14-12-28(2)13-15-29)17-26-25(30)22-16-24(32-27-22)20-8-10-21(31-3)11-9-20/h4-11,16,23H,12-15,17H2,1-3H3,(H,26,30). The summed E-state index contributed by atoms with van der Waals surface area (Å²) in [7, 11) is 3.77. The van der Waals surface area contributed by atoms with Gasteiger partial charge < -0.3 is 19.5 Å². The molecule has 1 atom stereocenters. The van der Waals surface area contributed by atoms with E-state index in [-0.39, 0.29) is 17.6 Å². The maximum Gasteiger partial charge on any atom is 0.273 e. The monoisotopic (exact) mass is 434 g/mol. The first-order chi connectivity index (χ1) is 15.5. The van der Waals surface area contributed by atoms with Crippen LogP contribution in [0, 0.1) is 6.92 Å². The smallest absolute Gasteiger partial charge is 0.273 e. The number of carbonyl (C=O) groups excluding carboxylic acids is 1. The minimum absolute atomic E-state index is 0.112. The molecule has 1 aromatic heterocycles. The fourth-order valence-corrected chi connectivity index (χ4v) is 3.93. The summed E-state index contributed by atoms with van der Waals surface area (Å²) in [6.45, 7) is 6.57. The largest absolute Gasteiger partial charge is 0.497 e. The summed E-state index contributed by atoms with van der Waals surface area (Å²) in [6.07, 6.45) is 0. The fourth-order valence-electron chi connectivity index (χ4n) is 3.93. The molecule has 0 radical (unpaired) electrons. The van der Waals surface area contributed by atoms with Crippen molar-refractivity contribution in [2.75, 3.05) is 46.9 Å². The molecule has 1 aliphatic heterocycles. The van der Waals surface area contributed by atoms with Crippen molar-refractivity contribution in [3.05, 3.63) is 71.4 Å². The molecule has 7 nitrogen and oxygen atoms in total. The molecule has 0 spiro atoms. The van der Waals surface area contributed by atoms with Gasteiger partial charge in [-0.25, -0.2) is 0 Å². The van der Waals surface area contributed by atoms with Crippen molar-refractivity contribution in [3.63, 3.8) is 0 Å². The number of amides is 1. The second-order valence-electron chi connectivity index (χ2n) is 8.28. The van der Waals surface area contributed by atoms with Crippen LogP contribution in [0.25, 0.3) is 11.3 Å². The first kappa shape index (κ1) is 22.0. The highest BCUT2D eigenvalue weighted by molar-refractivity contribution is 5.93. The summed E-state index contributed by atoms with van der Waals surface area (Å²) in [5.74, 6) is 1.07. The summed E-state index contributed by atoms with van der Waals surface area (Å²) in [4.78, 5) is 17.6. The Balaban J connectivity index is 1.45. The van der Waals surface area contributed by atoms with E-state index in [0.717, 1.165) is 37.5 Å². The molecule has 1 unspecified atom stereocenters. The molecule has 0 aliphatic carbocycles. The van der Waals surface area contributed by atoms with Crippen LogP contribution in [0.5, 0.6) is 5.75 Å². The molecule has 3 aromatic rings. The van der Waals surface area contributed by atoms with Gasteiger partial charge >= 0.3 is 0 Å². The number of benzene rings is 2. The normalized spacial score (nSPS) is 16.0. The summed E-state index contributed by atoms with van der Waals surface area (Å²) in [5.41, 5.74) is 3.55. The second-order valence-corrected chi connectivity index (χ2v) is 8.28. The lowest BCUT2D eigenvalue weighted by Gasteiger charge is -2.38. The number of piperazine rings is 1. The van der Waals surface area contributed by atoms with Gasteiger partial charge in [-0.05, 0) is 43.8 Å². The first-order valence-corrected chi connectivity index (χ1v) is 10.9. The van der Waals surface area contributed by atoms with Gasteiger partial charge in [-0.3, -0.25) is 9.69 Å². The van der Waals surface area contributed by atoms with E-state index >= 15 is 0 Å². The minimum atomic E-state index is -0.236. The van der Waals surface area contributed by atoms with Gasteiger partial charge in [-0.2, -0.15) is 0 Å². The van der Waals surface area contributed by atoms with Crippen molar-refractivity contribution >= 4 is 5.91 Å². The number of rotatable bonds is 7. The Kier molecular flexibility index (Phi) is 6.87. The SMILES string of the molecule is COc1ccc(-c2cc(C(=O)NCC(c3ccc(C)cc3)N3CCN(C)CC3)no2)cc1. The Morgan fingerprint density at radius 3 is 2.44 bits per heavy atom. The van der Waals surface area contributed by atoms with Crippen molar-refractivity contribution in [2.45, 2.75) is 13.0 Å². The van der Waals surface area contributed by atoms with E-state index in [4.69, 9.17) is 9.26 Å². The zero-order valence-corrected chi connectivity index (χ0v) is 18.9. The van der Waals surface area contributed by atoms with Crippen molar-refractivity contribution < 1.29 is 14.1 Å². The average Bonchev–Trinajstić information content (AvgIpc) is 3.32. The summed E-state index contributed by atoms with van der Waals surface area (Å²) in [6, 6.07) is 17.8. The van der Waals surface area contributed by atoms with Crippen LogP contribution in [0.4, 0.5) is 0 Å². The van der Waals surface area contributed by atoms with E-state index in [0.29, 0.717) is 12.3 Å². The summed E-state index contributed by atoms with van der Waals surface area (Å²) in [5, 5.41) is 7.05. The van der Waals surface area contributed by atoms with E-state index in [1.165, 1.54) is 11.1 Å². The van der Waals surface area contributed by atoms with E-state index in [1.54, 1.807) is 13.2 Å². The van der Waals surface area contributed by atoms with Crippen LogP contribution >= 0.6 is 0 Å². The van der Waals surface area contributed by atoms with Crippen LogP contribution in [0.3, 0.4) is 0 Å². The lowest BCUT2D eigenvalue weighted by atomic mass is 10.0. The summed E-state index contributed by atoms with van der Waals surface area (Å²) < 4.78 is 10.6. The Morgan fingerprint density at radius 2 is 1.78 bits per heavy atom. The van der Waals surface area contributed by atoms with Gasteiger partial charge in [0, 0.05) is 44.4 Å². The maximum absolute atomic E-state index is 12.8. The highest BCUT2D eigenvalue weighted by Gasteiger charge is 2.25. The van der Waals surface area contributed by atoms with Gasteiger partial charge in [0.15, 0.2) is 11.5 Å². The van der Waals surface area contributed by atoms with Crippen LogP contribution in [-0.2, 0) is 0 Å². The number of aryl methyl sites for hydroxylation is 1. The molecule has 7 heteroatoms. The molecule has 0 saturated carbocycles. The zero-order valence-electron chi connectivity index (χ0n) is 18.9. The van der Waals surface area contributed by atoms with Gasteiger partial charge in [0.2, 0.25) is 0 Å². The molecule has 4 rings (SSSR count). The van der Waals surface area contributed by atoms with Crippen LogP contribution in [0.1, 0.15) is 27.7 Å². The molecule has 0 bridgehead atoms. The number of aromatic nitrogens is 1. The van der Waals surface area contributed by atoms with Crippen LogP contribution in [0.2, 0.25) is 0 Å². The second kappa shape index (κ2) is 9.97. The Bertz CT molecular complexity index is 1020. The molecular formula is C25H30N4O3. The molecule has 2 aromatic carbocycles. The van der Waals surface area contributed by atoms with Crippen molar-refractivity contribution in [2.24, 2.45) is 0 Å². The topological polar surface area (TPSA) is 70.8 Å². The first-order valence-electron chi connectivity index (χ1n) is 10.9. The third-order valence-corrected chi connectivity index (χ3v) is 6.01. The number of carbonyl (C=O) groups is 1. The molecule has 32 heavy (non-hydrogen) atoms. The number of methoxy groups -OCH3 is 1. The Hall–Kier alpha value is -3.16. The Morgan fingerprint density at radius 1 is 1.09 bits per heavy atom. The highest BCUT2D eigenvalue weighted by Crippen LogP contribution is 2.24. The minimum Gasteiger partial charge on any atom is -0.497 e. The lowest BCUT2D eigenvalue weighted by molar-refractivity contribution is 0.0878. The quantitative estimate of drug-likeness (QED) is 0.615. The molecule has 1 amide bonds. The van der Waals surface area contributed by atoms with Gasteiger partial charge in [-0.15, -0.1) is 0 Å². The van der Waals surface area contributed by atoms with Gasteiger partial charge in [0.25, 0.3) is 5.91 Å². The van der Waals surface area contributed by atoms with Gasteiger partial charge in [0.1, 0.15) is 5.75 Å². The van der Waals surface area contributed by atoms with Crippen molar-refractivity contribution in [3.8, 4) is 17.1 Å². The van der Waals surface area contributed by atoms with Crippen LogP contribution in [-0.4, -0.2) is 67.7 Å². The highest BCUT2D eigenvalue weighted by atomic mass is 16.5. The number of nitrogens with zero attached hydrogens (tertiary/aromatic N) is 3. The van der Waals surface area contributed by atoms with Gasteiger partial charge in [-0.1, -0.05) is 35.0 Å². The average molecular weight is 435 g/mol. The van der Waals surface area contributed by atoms with Gasteiger partial charge in [0.05, 0.1) is 13.2 Å². The fraction of sp³-hybridized carbons (Fsp3) is 0.360. The predicted molar refractivity (Wildman–Crippen MR) is 124 cm³/mol. The van der Waals surface area contributed by atoms with Crippen LogP contribution < -0.4 is 10.1 Å². The van der Waals surface area contributed by atoms with E-state index in [9.17, 15) is 4.79 Å². The molecule has 168 valence electrons. The van der Waals surface area contributed by atoms with E-state index in [2.05, 4.69) is 58.5 Å². The third kappa shape index (κ3) is 5.18. The number of likely N-dealkylation sites (N-methyl/N-ethyl adjacent to an activating group) is 1. The number of nitrogens with one attached hydrogen (secondary N) is 1. The molecule has 1 N–H and O–H groups in total. The molecular weight excluding hydrogens is 404 g/mol. The number of hydrogen-bond donors (Lipinski definition) is 1. The van der Waals surface area contributed by atoms with E-state index in [1.807, 2.05) is 24.3 Å². The van der Waals surface area contributed by atoms with Crippen molar-refractivity contribution in [1.29, 1.82) is 0 Å². The Labute approximate surface area is 188 Å². The molecule has 1 aliphatic rings.